The smallest absolute Gasteiger partial charge is 0.264 e. The van der Waals surface area contributed by atoms with E-state index in [2.05, 4.69) is 5.32 Å². The van der Waals surface area contributed by atoms with Crippen molar-refractivity contribution in [2.45, 2.75) is 11.0 Å². The summed E-state index contributed by atoms with van der Waals surface area (Å²) >= 11 is 0. The van der Waals surface area contributed by atoms with E-state index in [0.29, 0.717) is 41.9 Å². The maximum atomic E-state index is 13.5. The molecule has 2 aliphatic heterocycles. The summed E-state index contributed by atoms with van der Waals surface area (Å²) in [5, 5.41) is 2.76. The highest BCUT2D eigenvalue weighted by atomic mass is 32.2. The molecule has 0 saturated heterocycles. The maximum Gasteiger partial charge on any atom is 0.264 e. The first-order valence-electron chi connectivity index (χ1n) is 11.1. The van der Waals surface area contributed by atoms with E-state index in [1.54, 1.807) is 42.5 Å². The highest BCUT2D eigenvalue weighted by Crippen LogP contribution is 2.36. The van der Waals surface area contributed by atoms with Crippen LogP contribution in [0, 0.1) is 0 Å². The van der Waals surface area contributed by atoms with Gasteiger partial charge in [0.25, 0.3) is 10.0 Å². The minimum absolute atomic E-state index is 0.0725. The molecule has 0 unspecified atom stereocenters. The number of rotatable bonds is 7. The zero-order valence-electron chi connectivity index (χ0n) is 18.8. The molecule has 3 aromatic carbocycles. The number of nitrogens with zero attached hydrogens (tertiary/aromatic N) is 1. The van der Waals surface area contributed by atoms with Crippen LogP contribution in [0.1, 0.15) is 0 Å². The van der Waals surface area contributed by atoms with Gasteiger partial charge in [-0.1, -0.05) is 30.3 Å². The predicted molar refractivity (Wildman–Crippen MR) is 128 cm³/mol. The van der Waals surface area contributed by atoms with Crippen molar-refractivity contribution < 1.29 is 32.2 Å². The number of anilines is 1. The highest BCUT2D eigenvalue weighted by molar-refractivity contribution is 7.92. The van der Waals surface area contributed by atoms with Crippen LogP contribution in [0.4, 0.5) is 5.69 Å². The molecule has 1 atom stereocenters. The van der Waals surface area contributed by atoms with Crippen molar-refractivity contribution in [1.29, 1.82) is 0 Å². The van der Waals surface area contributed by atoms with E-state index in [-0.39, 0.29) is 18.0 Å². The molecule has 0 spiro atoms. The number of nitrogens with one attached hydrogen (secondary N) is 1. The summed E-state index contributed by atoms with van der Waals surface area (Å²) in [4.78, 5) is 13.0. The van der Waals surface area contributed by atoms with Gasteiger partial charge in [0.05, 0.1) is 17.1 Å². The van der Waals surface area contributed by atoms with Crippen molar-refractivity contribution in [2.75, 3.05) is 37.2 Å². The number of para-hydroxylation sites is 2. The van der Waals surface area contributed by atoms with E-state index in [0.717, 1.165) is 4.31 Å². The van der Waals surface area contributed by atoms with E-state index >= 15 is 0 Å². The predicted octanol–water partition coefficient (Wildman–Crippen LogP) is 2.61. The molecule has 0 aromatic heterocycles. The Morgan fingerprint density at radius 3 is 2.34 bits per heavy atom. The van der Waals surface area contributed by atoms with Crippen molar-refractivity contribution >= 4 is 21.6 Å². The third-order valence-electron chi connectivity index (χ3n) is 5.53. The van der Waals surface area contributed by atoms with Gasteiger partial charge in [-0.05, 0) is 36.4 Å². The quantitative estimate of drug-likeness (QED) is 0.536. The fraction of sp³-hybridized carbons (Fsp3) is 0.240. The lowest BCUT2D eigenvalue weighted by Gasteiger charge is -2.28. The number of carbonyl (C=O) groups is 1. The Morgan fingerprint density at radius 2 is 1.54 bits per heavy atom. The second-order valence-electron chi connectivity index (χ2n) is 7.95. The minimum atomic E-state index is -4.04. The van der Waals surface area contributed by atoms with Crippen molar-refractivity contribution in [1.82, 2.24) is 5.32 Å². The first-order chi connectivity index (χ1) is 17.0. The number of hydrogen-bond donors (Lipinski definition) is 1. The molecule has 0 fully saturated rings. The first-order valence-corrected chi connectivity index (χ1v) is 12.6. The molecule has 1 N–H and O–H groups in total. The molecule has 2 heterocycles. The van der Waals surface area contributed by atoms with Gasteiger partial charge in [-0.15, -0.1) is 0 Å². The standard InChI is InChI=1S/C25H24N2O7S/c28-25(26-15-19-17-33-21-8-4-5-9-23(21)34-19)16-27(35(29,30)20-6-2-1-3-7-20)18-10-11-22-24(14-18)32-13-12-31-22/h1-11,14,19H,12-13,15-17H2,(H,26,28)/t19-/m1/s1. The van der Waals surface area contributed by atoms with E-state index in [1.165, 1.54) is 12.1 Å². The molecular weight excluding hydrogens is 472 g/mol. The van der Waals surface area contributed by atoms with Gasteiger partial charge < -0.3 is 24.3 Å². The van der Waals surface area contributed by atoms with Crippen LogP contribution in [0.25, 0.3) is 0 Å². The van der Waals surface area contributed by atoms with Crippen LogP contribution in [-0.4, -0.2) is 53.3 Å². The summed E-state index contributed by atoms with van der Waals surface area (Å²) in [6.07, 6.45) is -0.401. The van der Waals surface area contributed by atoms with Crippen LogP contribution >= 0.6 is 0 Å². The summed E-state index contributed by atoms with van der Waals surface area (Å²) in [6.45, 7) is 0.771. The van der Waals surface area contributed by atoms with Gasteiger partial charge in [-0.3, -0.25) is 9.10 Å². The Morgan fingerprint density at radius 1 is 0.857 bits per heavy atom. The van der Waals surface area contributed by atoms with Crippen molar-refractivity contribution in [3.8, 4) is 23.0 Å². The van der Waals surface area contributed by atoms with Gasteiger partial charge in [0.2, 0.25) is 5.91 Å². The largest absolute Gasteiger partial charge is 0.486 e. The molecule has 5 rings (SSSR count). The molecular formula is C25H24N2O7S. The normalized spacial score (nSPS) is 16.3. The molecule has 9 nitrogen and oxygen atoms in total. The molecule has 2 aliphatic rings. The summed E-state index contributed by atoms with van der Waals surface area (Å²) < 4.78 is 50.8. The summed E-state index contributed by atoms with van der Waals surface area (Å²) in [5.41, 5.74) is 0.291. The van der Waals surface area contributed by atoms with E-state index in [9.17, 15) is 13.2 Å². The highest BCUT2D eigenvalue weighted by Gasteiger charge is 2.29. The Kier molecular flexibility index (Phi) is 6.37. The maximum absolute atomic E-state index is 13.5. The number of ether oxygens (including phenoxy) is 4. The lowest BCUT2D eigenvalue weighted by atomic mass is 10.2. The van der Waals surface area contributed by atoms with Crippen LogP contribution in [0.5, 0.6) is 23.0 Å². The zero-order valence-corrected chi connectivity index (χ0v) is 19.6. The number of carbonyl (C=O) groups excluding carboxylic acids is 1. The molecule has 0 bridgehead atoms. The fourth-order valence-corrected chi connectivity index (χ4v) is 5.23. The van der Waals surface area contributed by atoms with Crippen LogP contribution < -0.4 is 28.6 Å². The molecule has 3 aromatic rings. The molecule has 0 saturated carbocycles. The summed E-state index contributed by atoms with van der Waals surface area (Å²) in [6, 6.07) is 20.1. The monoisotopic (exact) mass is 496 g/mol. The van der Waals surface area contributed by atoms with Gasteiger partial charge in [-0.25, -0.2) is 8.42 Å². The molecule has 1 amide bonds. The second kappa shape index (κ2) is 9.75. The summed E-state index contributed by atoms with van der Waals surface area (Å²) in [5.74, 6) is 1.71. The second-order valence-corrected chi connectivity index (χ2v) is 9.82. The number of hydrogen-bond acceptors (Lipinski definition) is 7. The van der Waals surface area contributed by atoms with Crippen LogP contribution in [0.3, 0.4) is 0 Å². The first kappa shape index (κ1) is 22.9. The topological polar surface area (TPSA) is 103 Å². The number of benzene rings is 3. The average molecular weight is 497 g/mol. The third kappa shape index (κ3) is 4.97. The zero-order chi connectivity index (χ0) is 24.3. The summed E-state index contributed by atoms with van der Waals surface area (Å²) in [7, 11) is -4.04. The van der Waals surface area contributed by atoms with Crippen molar-refractivity contribution in [3.63, 3.8) is 0 Å². The molecule has 0 radical (unpaired) electrons. The molecule has 10 heteroatoms. The van der Waals surface area contributed by atoms with Crippen LogP contribution in [-0.2, 0) is 14.8 Å². The lowest BCUT2D eigenvalue weighted by Crippen LogP contribution is -2.45. The molecule has 35 heavy (non-hydrogen) atoms. The van der Waals surface area contributed by atoms with Gasteiger partial charge in [0.15, 0.2) is 23.0 Å². The number of amides is 1. The van der Waals surface area contributed by atoms with Crippen LogP contribution in [0.15, 0.2) is 77.7 Å². The average Bonchev–Trinajstić information content (AvgIpc) is 2.90. The molecule has 0 aliphatic carbocycles. The molecule has 182 valence electrons. The Balaban J connectivity index is 1.34. The lowest BCUT2D eigenvalue weighted by molar-refractivity contribution is -0.120. The van der Waals surface area contributed by atoms with E-state index < -0.39 is 28.6 Å². The Bertz CT molecular complexity index is 1310. The van der Waals surface area contributed by atoms with Crippen molar-refractivity contribution in [2.24, 2.45) is 0 Å². The van der Waals surface area contributed by atoms with Gasteiger partial charge in [0, 0.05) is 6.07 Å². The van der Waals surface area contributed by atoms with Crippen LogP contribution in [0.2, 0.25) is 0 Å². The SMILES string of the molecule is O=C(CN(c1ccc2c(c1)OCCO2)S(=O)(=O)c1ccccc1)NC[C@@H]1COc2ccccc2O1. The fourth-order valence-electron chi connectivity index (χ4n) is 3.80. The van der Waals surface area contributed by atoms with Gasteiger partial charge >= 0.3 is 0 Å². The van der Waals surface area contributed by atoms with E-state index in [4.69, 9.17) is 18.9 Å². The Labute approximate surface area is 203 Å². The van der Waals surface area contributed by atoms with Gasteiger partial charge in [-0.2, -0.15) is 0 Å². The number of fused-ring (bicyclic) bond motifs is 2. The number of sulfonamides is 1. The Hall–Kier alpha value is -3.92. The van der Waals surface area contributed by atoms with E-state index in [1.807, 2.05) is 18.2 Å². The minimum Gasteiger partial charge on any atom is -0.486 e. The van der Waals surface area contributed by atoms with Crippen molar-refractivity contribution in [3.05, 3.63) is 72.8 Å². The third-order valence-corrected chi connectivity index (χ3v) is 7.31. The van der Waals surface area contributed by atoms with Gasteiger partial charge in [0.1, 0.15) is 32.5 Å².